The molecule has 0 amide bonds. The molecule has 0 aliphatic carbocycles. The molecule has 0 saturated heterocycles. The zero-order valence-corrected chi connectivity index (χ0v) is 9.79. The number of halogens is 1. The van der Waals surface area contributed by atoms with Crippen LogP contribution in [0.4, 0.5) is 5.69 Å². The van der Waals surface area contributed by atoms with Gasteiger partial charge in [0.25, 0.3) is 5.69 Å². The van der Waals surface area contributed by atoms with E-state index in [4.69, 9.17) is 11.6 Å². The number of carbonyl (C=O) groups excluding carboxylic acids is 1. The highest BCUT2D eigenvalue weighted by Gasteiger charge is 2.17. The van der Waals surface area contributed by atoms with Gasteiger partial charge in [-0.2, -0.15) is 0 Å². The summed E-state index contributed by atoms with van der Waals surface area (Å²) in [6, 6.07) is 8.82. The lowest BCUT2D eigenvalue weighted by Gasteiger charge is -2.01. The number of benzene rings is 1. The first-order chi connectivity index (χ1) is 8.59. The Labute approximate surface area is 107 Å². The van der Waals surface area contributed by atoms with Crippen LogP contribution in [0.15, 0.2) is 42.6 Å². The summed E-state index contributed by atoms with van der Waals surface area (Å²) < 4.78 is 0. The number of ketones is 1. The van der Waals surface area contributed by atoms with E-state index >= 15 is 0 Å². The number of nitro benzene ring substituents is 1. The quantitative estimate of drug-likeness (QED) is 0.484. The van der Waals surface area contributed by atoms with E-state index in [1.807, 2.05) is 0 Å². The largest absolute Gasteiger partial charge is 0.288 e. The lowest BCUT2D eigenvalue weighted by Crippen LogP contribution is -2.04. The fourth-order valence-corrected chi connectivity index (χ4v) is 1.63. The van der Waals surface area contributed by atoms with Gasteiger partial charge in [-0.25, -0.2) is 0 Å². The number of pyridine rings is 1. The third kappa shape index (κ3) is 2.36. The highest BCUT2D eigenvalue weighted by molar-refractivity contribution is 6.32. The number of nitro groups is 1. The van der Waals surface area contributed by atoms with Crippen molar-refractivity contribution in [2.45, 2.75) is 0 Å². The molecule has 0 aliphatic rings. The van der Waals surface area contributed by atoms with Gasteiger partial charge in [-0.1, -0.05) is 17.7 Å². The van der Waals surface area contributed by atoms with Crippen molar-refractivity contribution in [3.63, 3.8) is 0 Å². The zero-order chi connectivity index (χ0) is 13.1. The molecule has 0 bridgehead atoms. The van der Waals surface area contributed by atoms with Gasteiger partial charge in [-0.15, -0.1) is 0 Å². The van der Waals surface area contributed by atoms with Crippen molar-refractivity contribution in [3.05, 3.63) is 69.0 Å². The Morgan fingerprint density at radius 2 is 2.06 bits per heavy atom. The molecule has 0 saturated carbocycles. The smallest absolute Gasteiger partial charge is 0.287 e. The molecule has 6 heteroatoms. The van der Waals surface area contributed by atoms with Gasteiger partial charge in [0.15, 0.2) is 0 Å². The molecule has 18 heavy (non-hydrogen) atoms. The van der Waals surface area contributed by atoms with Crippen molar-refractivity contribution in [1.29, 1.82) is 0 Å². The van der Waals surface area contributed by atoms with E-state index in [1.54, 1.807) is 18.2 Å². The van der Waals surface area contributed by atoms with Crippen molar-refractivity contribution >= 4 is 23.1 Å². The summed E-state index contributed by atoms with van der Waals surface area (Å²) in [6.07, 6.45) is 1.48. The molecule has 1 aromatic heterocycles. The van der Waals surface area contributed by atoms with Gasteiger partial charge in [-0.3, -0.25) is 19.9 Å². The second-order valence-corrected chi connectivity index (χ2v) is 3.87. The highest BCUT2D eigenvalue weighted by Crippen LogP contribution is 2.25. The minimum Gasteiger partial charge on any atom is -0.287 e. The van der Waals surface area contributed by atoms with Crippen LogP contribution in [-0.2, 0) is 0 Å². The maximum atomic E-state index is 12.0. The van der Waals surface area contributed by atoms with Gasteiger partial charge >= 0.3 is 0 Å². The summed E-state index contributed by atoms with van der Waals surface area (Å²) in [5, 5.41) is 10.7. The number of aromatic nitrogens is 1. The molecular formula is C12H7ClN2O3. The third-order valence-corrected chi connectivity index (χ3v) is 2.62. The van der Waals surface area contributed by atoms with Crippen molar-refractivity contribution in [2.75, 3.05) is 0 Å². The van der Waals surface area contributed by atoms with Crippen LogP contribution < -0.4 is 0 Å². The van der Waals surface area contributed by atoms with E-state index in [9.17, 15) is 14.9 Å². The van der Waals surface area contributed by atoms with Crippen molar-refractivity contribution in [1.82, 2.24) is 4.98 Å². The average Bonchev–Trinajstić information content (AvgIpc) is 2.39. The van der Waals surface area contributed by atoms with Crippen LogP contribution in [0.5, 0.6) is 0 Å². The molecule has 0 unspecified atom stereocenters. The molecule has 1 heterocycles. The Morgan fingerprint density at radius 1 is 1.28 bits per heavy atom. The minimum absolute atomic E-state index is 0.00225. The van der Waals surface area contributed by atoms with Gasteiger partial charge < -0.3 is 0 Å². The second kappa shape index (κ2) is 4.93. The Balaban J connectivity index is 2.44. The fourth-order valence-electron chi connectivity index (χ4n) is 1.44. The summed E-state index contributed by atoms with van der Waals surface area (Å²) in [5.74, 6) is -0.379. The SMILES string of the molecule is O=C(c1ccc(Cl)c([N+](=O)[O-])c1)c1ccccn1. The first-order valence-corrected chi connectivity index (χ1v) is 5.37. The number of rotatable bonds is 3. The first kappa shape index (κ1) is 12.2. The van der Waals surface area contributed by atoms with Gasteiger partial charge in [0.05, 0.1) is 4.92 Å². The summed E-state index contributed by atoms with van der Waals surface area (Å²) in [6.45, 7) is 0. The van der Waals surface area contributed by atoms with Crippen LogP contribution >= 0.6 is 11.6 Å². The average molecular weight is 263 g/mol. The van der Waals surface area contributed by atoms with Crippen LogP contribution in [0, 0.1) is 10.1 Å². The van der Waals surface area contributed by atoms with Crippen LogP contribution in [0.3, 0.4) is 0 Å². The Bertz CT molecular complexity index is 614. The Kier molecular flexibility index (Phi) is 3.34. The van der Waals surface area contributed by atoms with E-state index in [1.165, 1.54) is 18.3 Å². The monoisotopic (exact) mass is 262 g/mol. The molecule has 0 N–H and O–H groups in total. The van der Waals surface area contributed by atoms with E-state index in [-0.39, 0.29) is 27.8 Å². The van der Waals surface area contributed by atoms with E-state index < -0.39 is 4.92 Å². The molecular weight excluding hydrogens is 256 g/mol. The normalized spacial score (nSPS) is 10.1. The predicted octanol–water partition coefficient (Wildman–Crippen LogP) is 2.87. The molecule has 1 aromatic carbocycles. The van der Waals surface area contributed by atoms with Gasteiger partial charge in [0, 0.05) is 17.8 Å². The van der Waals surface area contributed by atoms with Crippen LogP contribution in [0.25, 0.3) is 0 Å². The number of carbonyl (C=O) groups is 1. The maximum Gasteiger partial charge on any atom is 0.288 e. The Morgan fingerprint density at radius 3 is 2.67 bits per heavy atom. The van der Waals surface area contributed by atoms with Crippen molar-refractivity contribution in [3.8, 4) is 0 Å². The number of hydrogen-bond acceptors (Lipinski definition) is 4. The number of nitrogens with zero attached hydrogens (tertiary/aromatic N) is 2. The first-order valence-electron chi connectivity index (χ1n) is 4.99. The van der Waals surface area contributed by atoms with Crippen LogP contribution in [0.1, 0.15) is 16.1 Å². The number of hydrogen-bond donors (Lipinski definition) is 0. The van der Waals surface area contributed by atoms with Gasteiger partial charge in [0.2, 0.25) is 5.78 Å². The summed E-state index contributed by atoms with van der Waals surface area (Å²) >= 11 is 5.67. The molecule has 0 fully saturated rings. The maximum absolute atomic E-state index is 12.0. The zero-order valence-electron chi connectivity index (χ0n) is 9.04. The summed E-state index contributed by atoms with van der Waals surface area (Å²) in [4.78, 5) is 26.0. The van der Waals surface area contributed by atoms with Gasteiger partial charge in [-0.05, 0) is 24.3 Å². The lowest BCUT2D eigenvalue weighted by molar-refractivity contribution is -0.384. The molecule has 0 atom stereocenters. The molecule has 2 rings (SSSR count). The molecule has 90 valence electrons. The van der Waals surface area contributed by atoms with E-state index in [0.29, 0.717) is 0 Å². The lowest BCUT2D eigenvalue weighted by atomic mass is 10.1. The summed E-state index contributed by atoms with van der Waals surface area (Å²) in [5.41, 5.74) is 0.123. The Hall–Kier alpha value is -2.27. The summed E-state index contributed by atoms with van der Waals surface area (Å²) in [7, 11) is 0. The third-order valence-electron chi connectivity index (χ3n) is 2.30. The van der Waals surface area contributed by atoms with E-state index in [2.05, 4.69) is 4.98 Å². The standard InChI is InChI=1S/C12H7ClN2O3/c13-9-5-4-8(7-11(9)15(17)18)12(16)10-3-1-2-6-14-10/h1-7H. The highest BCUT2D eigenvalue weighted by atomic mass is 35.5. The molecule has 2 aromatic rings. The van der Waals surface area contributed by atoms with Crippen LogP contribution in [0.2, 0.25) is 5.02 Å². The molecule has 0 aliphatic heterocycles. The molecule has 5 nitrogen and oxygen atoms in total. The fraction of sp³-hybridized carbons (Fsp3) is 0. The van der Waals surface area contributed by atoms with Gasteiger partial charge in [0.1, 0.15) is 10.7 Å². The second-order valence-electron chi connectivity index (χ2n) is 3.47. The van der Waals surface area contributed by atoms with Crippen molar-refractivity contribution in [2.24, 2.45) is 0 Å². The van der Waals surface area contributed by atoms with E-state index in [0.717, 1.165) is 6.07 Å². The molecule has 0 spiro atoms. The minimum atomic E-state index is -0.627. The van der Waals surface area contributed by atoms with Crippen LogP contribution in [-0.4, -0.2) is 15.7 Å². The molecule has 0 radical (unpaired) electrons. The predicted molar refractivity (Wildman–Crippen MR) is 65.8 cm³/mol. The topological polar surface area (TPSA) is 73.1 Å². The van der Waals surface area contributed by atoms with Crippen molar-refractivity contribution < 1.29 is 9.72 Å².